The van der Waals surface area contributed by atoms with Gasteiger partial charge in [-0.15, -0.1) is 0 Å². The highest BCUT2D eigenvalue weighted by Crippen LogP contribution is 2.28. The van der Waals surface area contributed by atoms with E-state index in [1.165, 1.54) is 16.7 Å². The lowest BCUT2D eigenvalue weighted by Gasteiger charge is -2.24. The topological polar surface area (TPSA) is 210 Å². The van der Waals surface area contributed by atoms with E-state index in [0.29, 0.717) is 35.0 Å². The lowest BCUT2D eigenvalue weighted by molar-refractivity contribution is -0.385. The zero-order valence-electron chi connectivity index (χ0n) is 30.2. The molecule has 0 saturated carbocycles. The zero-order chi connectivity index (χ0) is 39.1. The van der Waals surface area contributed by atoms with Gasteiger partial charge in [-0.1, -0.05) is 6.07 Å². The Bertz CT molecular complexity index is 2000. The van der Waals surface area contributed by atoms with Gasteiger partial charge < -0.3 is 30.0 Å². The molecule has 3 N–H and O–H groups in total. The molecule has 1 heterocycles. The molecule has 53 heavy (non-hydrogen) atoms. The van der Waals surface area contributed by atoms with Crippen LogP contribution in [0.3, 0.4) is 0 Å². The summed E-state index contributed by atoms with van der Waals surface area (Å²) >= 11 is 0. The molecule has 4 aromatic rings. The van der Waals surface area contributed by atoms with E-state index in [4.69, 9.17) is 9.47 Å². The molecular formula is C36H42FN7O9. The largest absolute Gasteiger partial charge is 0.444 e. The number of rotatable bonds is 13. The molecule has 3 amide bonds. The highest BCUT2D eigenvalue weighted by atomic mass is 19.1. The molecule has 0 aliphatic heterocycles. The number of hydrogen-bond donors (Lipinski definition) is 3. The quantitative estimate of drug-likeness (QED) is 0.0757. The van der Waals surface area contributed by atoms with Gasteiger partial charge >= 0.3 is 12.2 Å². The molecule has 0 fully saturated rings. The number of non-ortho nitro benzene ring substituents is 2. The Balaban J connectivity index is 1.62. The number of nitro benzene ring substituents is 2. The van der Waals surface area contributed by atoms with E-state index in [1.54, 1.807) is 71.9 Å². The van der Waals surface area contributed by atoms with Gasteiger partial charge in [-0.25, -0.2) is 19.0 Å². The van der Waals surface area contributed by atoms with Crippen molar-refractivity contribution in [2.45, 2.75) is 78.2 Å². The van der Waals surface area contributed by atoms with Crippen molar-refractivity contribution in [3.63, 3.8) is 0 Å². The summed E-state index contributed by atoms with van der Waals surface area (Å²) in [7, 11) is 0. The number of carbonyl (C=O) groups is 3. The maximum absolute atomic E-state index is 15.0. The van der Waals surface area contributed by atoms with Crippen LogP contribution in [0.25, 0.3) is 22.2 Å². The van der Waals surface area contributed by atoms with E-state index in [1.807, 2.05) is 0 Å². The number of halogens is 1. The third-order valence-corrected chi connectivity index (χ3v) is 7.56. The van der Waals surface area contributed by atoms with Crippen LogP contribution in [-0.4, -0.2) is 67.8 Å². The highest BCUT2D eigenvalue weighted by molar-refractivity contribution is 5.96. The summed E-state index contributed by atoms with van der Waals surface area (Å²) in [5.41, 5.74) is 0.0398. The molecule has 0 saturated heterocycles. The van der Waals surface area contributed by atoms with Crippen molar-refractivity contribution in [2.24, 2.45) is 0 Å². The second kappa shape index (κ2) is 16.5. The van der Waals surface area contributed by atoms with Crippen molar-refractivity contribution >= 4 is 40.5 Å². The molecule has 0 aliphatic carbocycles. The molecule has 4 rings (SSSR count). The van der Waals surface area contributed by atoms with Crippen LogP contribution in [0.4, 0.5) is 25.4 Å². The molecule has 0 aliphatic rings. The number of imidazole rings is 1. The van der Waals surface area contributed by atoms with Crippen LogP contribution < -0.4 is 16.0 Å². The number of fused-ring (bicyclic) bond motifs is 1. The minimum Gasteiger partial charge on any atom is -0.444 e. The van der Waals surface area contributed by atoms with E-state index in [-0.39, 0.29) is 42.4 Å². The standard InChI is InChI=1S/C36H42FN7O9/c1-35(2,3)52-33(46)38-17-7-8-25(40-34(47)53-36(4,5)6)20-39-32(45)31-41-29-19-23(22-9-12-26(13-10-22)43(48)49)11-16-30(29)42(31)21-24-18-27(44(50)51)14-15-28(24)37/h9-16,18-19,25H,7-8,17,20-21H2,1-6H3,(H,38,46)(H,39,45)(H,40,47)/t25-/m0/s1. The van der Waals surface area contributed by atoms with Gasteiger partial charge in [0.15, 0.2) is 5.82 Å². The fourth-order valence-electron chi connectivity index (χ4n) is 5.23. The van der Waals surface area contributed by atoms with Crippen LogP contribution in [0.2, 0.25) is 0 Å². The van der Waals surface area contributed by atoms with Gasteiger partial charge in [0.2, 0.25) is 0 Å². The number of alkyl carbamates (subject to hydrolysis) is 2. The van der Waals surface area contributed by atoms with Crippen LogP contribution >= 0.6 is 0 Å². The summed E-state index contributed by atoms with van der Waals surface area (Å²) in [5, 5.41) is 30.8. The molecule has 0 spiro atoms. The first kappa shape index (κ1) is 39.7. The number of nitro groups is 2. The van der Waals surface area contributed by atoms with E-state index >= 15 is 4.39 Å². The number of nitrogens with one attached hydrogen (secondary N) is 3. The smallest absolute Gasteiger partial charge is 0.407 e. The fraction of sp³-hybridized carbons (Fsp3) is 0.389. The average molecular weight is 736 g/mol. The summed E-state index contributed by atoms with van der Waals surface area (Å²) in [6, 6.07) is 13.3. The third-order valence-electron chi connectivity index (χ3n) is 7.56. The molecule has 16 nitrogen and oxygen atoms in total. The number of benzene rings is 3. The van der Waals surface area contributed by atoms with Gasteiger partial charge in [-0.05, 0) is 95.8 Å². The minimum atomic E-state index is -0.796. The Morgan fingerprint density at radius 2 is 1.43 bits per heavy atom. The lowest BCUT2D eigenvalue weighted by Crippen LogP contribution is -2.46. The first-order valence-electron chi connectivity index (χ1n) is 16.7. The van der Waals surface area contributed by atoms with E-state index in [0.717, 1.165) is 18.2 Å². The van der Waals surface area contributed by atoms with Gasteiger partial charge in [-0.2, -0.15) is 0 Å². The Morgan fingerprint density at radius 3 is 2.06 bits per heavy atom. The highest BCUT2D eigenvalue weighted by Gasteiger charge is 2.24. The summed E-state index contributed by atoms with van der Waals surface area (Å²) in [6.07, 6.45) is -0.614. The first-order chi connectivity index (χ1) is 24.8. The maximum atomic E-state index is 15.0. The van der Waals surface area contributed by atoms with Crippen LogP contribution in [0.1, 0.15) is 70.6 Å². The Kier molecular flexibility index (Phi) is 12.3. The monoisotopic (exact) mass is 735 g/mol. The average Bonchev–Trinajstić information content (AvgIpc) is 3.42. The molecule has 0 radical (unpaired) electrons. The summed E-state index contributed by atoms with van der Waals surface area (Å²) in [5.74, 6) is -1.56. The van der Waals surface area contributed by atoms with Crippen molar-refractivity contribution < 1.29 is 38.1 Å². The summed E-state index contributed by atoms with van der Waals surface area (Å²) in [4.78, 5) is 64.6. The SMILES string of the molecule is CC(C)(C)OC(=O)NCCC[C@@H](CNC(=O)c1nc2cc(-c3ccc([N+](=O)[O-])cc3)ccc2n1Cc1cc([N+](=O)[O-])ccc1F)NC(=O)OC(C)(C)C. The van der Waals surface area contributed by atoms with E-state index < -0.39 is 51.0 Å². The Hall–Kier alpha value is -6.13. The molecule has 282 valence electrons. The molecule has 0 bridgehead atoms. The van der Waals surface area contributed by atoms with Crippen LogP contribution in [0.15, 0.2) is 60.7 Å². The molecule has 17 heteroatoms. The molecule has 1 aromatic heterocycles. The van der Waals surface area contributed by atoms with Gasteiger partial charge in [0.1, 0.15) is 17.0 Å². The number of hydrogen-bond acceptors (Lipinski definition) is 10. The second-order valence-corrected chi connectivity index (χ2v) is 14.2. The molecule has 1 atom stereocenters. The molecular weight excluding hydrogens is 693 g/mol. The van der Waals surface area contributed by atoms with Gasteiger partial charge in [0, 0.05) is 49.0 Å². The Morgan fingerprint density at radius 1 is 0.830 bits per heavy atom. The van der Waals surface area contributed by atoms with Gasteiger partial charge in [0.05, 0.1) is 27.4 Å². The summed E-state index contributed by atoms with van der Waals surface area (Å²) in [6.45, 7) is 10.2. The van der Waals surface area contributed by atoms with Gasteiger partial charge in [0.25, 0.3) is 17.3 Å². The zero-order valence-corrected chi connectivity index (χ0v) is 30.2. The number of ether oxygens (including phenoxy) is 2. The number of aromatic nitrogens is 2. The first-order valence-corrected chi connectivity index (χ1v) is 16.7. The van der Waals surface area contributed by atoms with Crippen molar-refractivity contribution in [3.8, 4) is 11.1 Å². The van der Waals surface area contributed by atoms with Crippen molar-refractivity contribution in [1.82, 2.24) is 25.5 Å². The van der Waals surface area contributed by atoms with Gasteiger partial charge in [-0.3, -0.25) is 25.0 Å². The van der Waals surface area contributed by atoms with Crippen molar-refractivity contribution in [1.29, 1.82) is 0 Å². The van der Waals surface area contributed by atoms with Crippen LogP contribution in [0.5, 0.6) is 0 Å². The number of nitrogens with zero attached hydrogens (tertiary/aromatic N) is 4. The predicted molar refractivity (Wildman–Crippen MR) is 193 cm³/mol. The van der Waals surface area contributed by atoms with E-state index in [9.17, 15) is 34.6 Å². The predicted octanol–water partition coefficient (Wildman–Crippen LogP) is 6.64. The maximum Gasteiger partial charge on any atom is 0.407 e. The number of amides is 3. The fourth-order valence-corrected chi connectivity index (χ4v) is 5.23. The van der Waals surface area contributed by atoms with Crippen molar-refractivity contribution in [3.05, 3.63) is 98.1 Å². The molecule has 0 unspecified atom stereocenters. The van der Waals surface area contributed by atoms with Crippen LogP contribution in [-0.2, 0) is 16.0 Å². The second-order valence-electron chi connectivity index (χ2n) is 14.2. The lowest BCUT2D eigenvalue weighted by atomic mass is 10.0. The van der Waals surface area contributed by atoms with E-state index in [2.05, 4.69) is 20.9 Å². The Labute approximate surface area is 304 Å². The molecule has 3 aromatic carbocycles. The minimum absolute atomic E-state index is 0.0612. The summed E-state index contributed by atoms with van der Waals surface area (Å²) < 4.78 is 27.1. The third kappa shape index (κ3) is 11.4. The van der Waals surface area contributed by atoms with Crippen molar-refractivity contribution in [2.75, 3.05) is 13.1 Å². The van der Waals surface area contributed by atoms with Crippen LogP contribution in [0, 0.1) is 26.0 Å². The normalized spacial score (nSPS) is 12.1. The number of carbonyl (C=O) groups excluding carboxylic acids is 3.